The average molecular weight is 559 g/mol. The number of nitrogens with zero attached hydrogens (tertiary/aromatic N) is 6. The van der Waals surface area contributed by atoms with Gasteiger partial charge < -0.3 is 21.1 Å². The van der Waals surface area contributed by atoms with Crippen molar-refractivity contribution in [1.82, 2.24) is 24.1 Å². The van der Waals surface area contributed by atoms with E-state index >= 15 is 0 Å². The molecule has 0 bridgehead atoms. The van der Waals surface area contributed by atoms with Crippen LogP contribution in [0.3, 0.4) is 0 Å². The Morgan fingerprint density at radius 3 is 2.64 bits per heavy atom. The van der Waals surface area contributed by atoms with E-state index in [1.807, 2.05) is 4.90 Å². The van der Waals surface area contributed by atoms with E-state index in [-0.39, 0.29) is 24.0 Å². The molecule has 0 aliphatic heterocycles. The maximum absolute atomic E-state index is 13.6. The number of carbonyl (C=O) groups excluding carboxylic acids is 1. The summed E-state index contributed by atoms with van der Waals surface area (Å²) in [6.45, 7) is 1.22. The van der Waals surface area contributed by atoms with Gasteiger partial charge >= 0.3 is 0 Å². The monoisotopic (exact) mass is 558 g/mol. The number of carbonyl (C=O) groups is 1. The highest BCUT2D eigenvalue weighted by atomic mass is 32.2. The molecule has 2 aliphatic rings. The van der Waals surface area contributed by atoms with Crippen LogP contribution in [0.15, 0.2) is 36.9 Å². The van der Waals surface area contributed by atoms with Crippen molar-refractivity contribution in [2.75, 3.05) is 23.4 Å². The summed E-state index contributed by atoms with van der Waals surface area (Å²) in [6.07, 6.45) is 9.29. The number of hydrogen-bond acceptors (Lipinski definition) is 10. The van der Waals surface area contributed by atoms with Crippen molar-refractivity contribution in [3.05, 3.63) is 42.5 Å². The van der Waals surface area contributed by atoms with E-state index in [1.165, 1.54) is 24.8 Å². The molecule has 0 aromatic carbocycles. The smallest absolute Gasteiger partial charge is 0.256 e. The maximum atomic E-state index is 13.6. The van der Waals surface area contributed by atoms with E-state index in [0.717, 1.165) is 4.09 Å². The van der Waals surface area contributed by atoms with Gasteiger partial charge in [-0.1, -0.05) is 0 Å². The Morgan fingerprint density at radius 1 is 1.23 bits per heavy atom. The molecule has 0 spiro atoms. The van der Waals surface area contributed by atoms with Gasteiger partial charge in [0.2, 0.25) is 0 Å². The van der Waals surface area contributed by atoms with Crippen LogP contribution >= 0.6 is 0 Å². The van der Waals surface area contributed by atoms with Crippen molar-refractivity contribution in [2.24, 2.45) is 5.73 Å². The lowest BCUT2D eigenvalue weighted by atomic mass is 9.82. The number of halogens is 1. The van der Waals surface area contributed by atoms with Gasteiger partial charge in [0.1, 0.15) is 18.3 Å². The quantitative estimate of drug-likeness (QED) is 0.336. The predicted molar refractivity (Wildman–Crippen MR) is 143 cm³/mol. The zero-order chi connectivity index (χ0) is 27.8. The number of nitrogens with two attached hydrogens (primary N) is 1. The van der Waals surface area contributed by atoms with Crippen molar-refractivity contribution in [3.63, 3.8) is 0 Å². The number of pyridine rings is 1. The van der Waals surface area contributed by atoms with Crippen LogP contribution in [0.4, 0.5) is 21.7 Å². The summed E-state index contributed by atoms with van der Waals surface area (Å²) in [7, 11) is -3.52. The number of primary amides is 1. The topological polar surface area (TPSA) is 169 Å². The minimum atomic E-state index is -3.52. The Balaban J connectivity index is 1.41. The lowest BCUT2D eigenvalue weighted by Crippen LogP contribution is -2.44. The van der Waals surface area contributed by atoms with Gasteiger partial charge in [-0.3, -0.25) is 4.79 Å². The number of amides is 1. The molecular weight excluding hydrogens is 527 g/mol. The number of anilines is 3. The second-order valence-corrected chi connectivity index (χ2v) is 12.4. The van der Waals surface area contributed by atoms with Gasteiger partial charge in [0.15, 0.2) is 5.82 Å². The Morgan fingerprint density at radius 2 is 1.97 bits per heavy atom. The summed E-state index contributed by atoms with van der Waals surface area (Å²) in [5, 5.41) is 17.0. The van der Waals surface area contributed by atoms with Crippen molar-refractivity contribution in [2.45, 2.75) is 62.3 Å². The summed E-state index contributed by atoms with van der Waals surface area (Å²) in [4.78, 5) is 27.1. The average Bonchev–Trinajstić information content (AvgIpc) is 3.65. The molecule has 14 heteroatoms. The molecule has 3 aromatic heterocycles. The summed E-state index contributed by atoms with van der Waals surface area (Å²) < 4.78 is 39.5. The molecule has 1 amide bonds. The van der Waals surface area contributed by atoms with Gasteiger partial charge in [-0.15, -0.1) is 0 Å². The molecule has 0 radical (unpaired) electrons. The Kier molecular flexibility index (Phi) is 7.25. The van der Waals surface area contributed by atoms with Crippen LogP contribution in [-0.2, 0) is 10.0 Å². The lowest BCUT2D eigenvalue weighted by Gasteiger charge is -2.40. The number of nitrogens with one attached hydrogen (secondary N) is 1. The highest BCUT2D eigenvalue weighted by Crippen LogP contribution is 2.35. The van der Waals surface area contributed by atoms with E-state index in [4.69, 9.17) is 5.73 Å². The fourth-order valence-corrected chi connectivity index (χ4v) is 6.32. The largest absolute Gasteiger partial charge is 0.390 e. The van der Waals surface area contributed by atoms with Crippen LogP contribution in [0.25, 0.3) is 11.4 Å². The summed E-state index contributed by atoms with van der Waals surface area (Å²) in [6, 6.07) is 3.16. The van der Waals surface area contributed by atoms with E-state index in [9.17, 15) is 22.7 Å². The molecule has 2 fully saturated rings. The Labute approximate surface area is 225 Å². The molecular formula is C25H31FN8O4S. The molecule has 0 saturated heterocycles. The van der Waals surface area contributed by atoms with E-state index < -0.39 is 33.5 Å². The van der Waals surface area contributed by atoms with Crippen LogP contribution in [0.5, 0.6) is 0 Å². The molecule has 2 saturated carbocycles. The van der Waals surface area contributed by atoms with Gasteiger partial charge in [0.25, 0.3) is 15.9 Å². The van der Waals surface area contributed by atoms with Gasteiger partial charge in [-0.25, -0.2) is 27.8 Å². The lowest BCUT2D eigenvalue weighted by molar-refractivity contribution is 0.0169. The fourth-order valence-electron chi connectivity index (χ4n) is 4.84. The van der Waals surface area contributed by atoms with Gasteiger partial charge in [0, 0.05) is 31.0 Å². The van der Waals surface area contributed by atoms with Crippen LogP contribution in [-0.4, -0.2) is 73.7 Å². The van der Waals surface area contributed by atoms with Crippen LogP contribution < -0.4 is 16.0 Å². The second-order valence-electron chi connectivity index (χ2n) is 10.3. The molecule has 12 nitrogen and oxygen atoms in total. The van der Waals surface area contributed by atoms with Crippen LogP contribution in [0, 0.1) is 0 Å². The zero-order valence-electron chi connectivity index (χ0n) is 21.5. The summed E-state index contributed by atoms with van der Waals surface area (Å²) in [5.41, 5.74) is 5.91. The van der Waals surface area contributed by atoms with E-state index in [1.54, 1.807) is 19.1 Å². The van der Waals surface area contributed by atoms with E-state index in [0.29, 0.717) is 61.4 Å². The number of hydrogen-bond donors (Lipinski definition) is 3. The van der Waals surface area contributed by atoms with Crippen molar-refractivity contribution in [3.8, 4) is 11.4 Å². The Bertz CT molecular complexity index is 1460. The number of aromatic nitrogens is 5. The van der Waals surface area contributed by atoms with E-state index in [2.05, 4.69) is 25.4 Å². The van der Waals surface area contributed by atoms with Crippen molar-refractivity contribution < 1.29 is 22.7 Å². The molecule has 4 N–H and O–H groups in total. The third-order valence-electron chi connectivity index (χ3n) is 7.19. The third kappa shape index (κ3) is 5.86. The van der Waals surface area contributed by atoms with Gasteiger partial charge in [-0.2, -0.15) is 9.19 Å². The first-order valence-electron chi connectivity index (χ1n) is 12.8. The predicted octanol–water partition coefficient (Wildman–Crippen LogP) is 2.39. The molecule has 0 unspecified atom stereocenters. The summed E-state index contributed by atoms with van der Waals surface area (Å²) in [5.74, 6) is 0.296. The Hall–Kier alpha value is -3.65. The molecule has 3 heterocycles. The molecule has 0 atom stereocenters. The molecule has 39 heavy (non-hydrogen) atoms. The van der Waals surface area contributed by atoms with Crippen LogP contribution in [0.2, 0.25) is 0 Å². The number of rotatable bonds is 10. The zero-order valence-corrected chi connectivity index (χ0v) is 22.3. The normalized spacial score (nSPS) is 21.5. The number of alkyl halides is 1. The second kappa shape index (κ2) is 10.5. The first-order chi connectivity index (χ1) is 18.6. The third-order valence-corrected chi connectivity index (χ3v) is 9.23. The first-order valence-corrected chi connectivity index (χ1v) is 14.3. The fraction of sp³-hybridized carbons (Fsp3) is 0.480. The van der Waals surface area contributed by atoms with Crippen LogP contribution in [0.1, 0.15) is 55.8 Å². The summed E-state index contributed by atoms with van der Waals surface area (Å²) >= 11 is 0. The minimum absolute atomic E-state index is 0.0575. The molecule has 208 valence electrons. The minimum Gasteiger partial charge on any atom is -0.390 e. The maximum Gasteiger partial charge on any atom is 0.256 e. The molecule has 3 aromatic rings. The number of aliphatic hydroxyl groups is 1. The standard InChI is InChI=1S/C25H31FN8O4S/c1-25(36)7-4-17(5-8-25)33(11-9-26)20-12-22(29-14-19(20)23(27)35)31-21-6-10-28-24(32-21)16-13-30-34(15-16)39(37,38)18-2-3-18/h6,10,12-15,17-18,36H,2-5,7-9,11H2,1H3,(H2,27,35)(H,28,29,31,32). The SMILES string of the molecule is CC1(O)CCC(N(CCF)c2cc(Nc3ccnc(-c4cnn(S(=O)(=O)C5CC5)c4)n3)ncc2C(N)=O)CC1. The van der Waals surface area contributed by atoms with Crippen molar-refractivity contribution in [1.29, 1.82) is 0 Å². The highest BCUT2D eigenvalue weighted by molar-refractivity contribution is 7.90. The first kappa shape index (κ1) is 26.9. The highest BCUT2D eigenvalue weighted by Gasteiger charge is 2.38. The van der Waals surface area contributed by atoms with Gasteiger partial charge in [0.05, 0.1) is 40.1 Å². The van der Waals surface area contributed by atoms with Crippen molar-refractivity contribution >= 4 is 33.3 Å². The molecule has 5 rings (SSSR count). The molecule has 2 aliphatic carbocycles. The van der Waals surface area contributed by atoms with Gasteiger partial charge in [-0.05, 0) is 51.5 Å².